The SMILES string of the molecule is CN(C)C[C@H]1CCc2onc(-c3ccccc3)c2[C@H]1O.Cl. The van der Waals surface area contributed by atoms with Gasteiger partial charge in [-0.1, -0.05) is 35.5 Å². The van der Waals surface area contributed by atoms with Crippen LogP contribution in [0.15, 0.2) is 34.9 Å². The maximum Gasteiger partial charge on any atom is 0.143 e. The van der Waals surface area contributed by atoms with Crippen LogP contribution in [0, 0.1) is 5.92 Å². The normalized spacial score (nSPS) is 21.0. The molecule has 2 atom stereocenters. The maximum absolute atomic E-state index is 10.7. The van der Waals surface area contributed by atoms with Gasteiger partial charge in [0.2, 0.25) is 0 Å². The Morgan fingerprint density at radius 3 is 2.67 bits per heavy atom. The molecule has 1 heterocycles. The summed E-state index contributed by atoms with van der Waals surface area (Å²) in [5, 5.41) is 14.9. The molecule has 1 aliphatic rings. The van der Waals surface area contributed by atoms with E-state index in [0.717, 1.165) is 42.0 Å². The lowest BCUT2D eigenvalue weighted by Crippen LogP contribution is -2.30. The van der Waals surface area contributed by atoms with Crippen molar-refractivity contribution in [2.24, 2.45) is 5.92 Å². The van der Waals surface area contributed by atoms with E-state index in [2.05, 4.69) is 10.1 Å². The van der Waals surface area contributed by atoms with Crippen LogP contribution in [0.25, 0.3) is 11.3 Å². The molecule has 0 unspecified atom stereocenters. The van der Waals surface area contributed by atoms with Crippen LogP contribution in [0.3, 0.4) is 0 Å². The minimum absolute atomic E-state index is 0. The summed E-state index contributed by atoms with van der Waals surface area (Å²) in [6, 6.07) is 9.92. The molecular formula is C16H21ClN2O2. The summed E-state index contributed by atoms with van der Waals surface area (Å²) in [6.45, 7) is 0.875. The summed E-state index contributed by atoms with van der Waals surface area (Å²) < 4.78 is 5.44. The first-order valence-electron chi connectivity index (χ1n) is 7.03. The molecule has 3 rings (SSSR count). The van der Waals surface area contributed by atoms with Crippen LogP contribution in [0.5, 0.6) is 0 Å². The summed E-state index contributed by atoms with van der Waals surface area (Å²) in [5.74, 6) is 1.07. The van der Waals surface area contributed by atoms with Crippen molar-refractivity contribution >= 4 is 12.4 Å². The second-order valence-electron chi connectivity index (χ2n) is 5.74. The predicted molar refractivity (Wildman–Crippen MR) is 84.5 cm³/mol. The standard InChI is InChI=1S/C16H20N2O2.ClH/c1-18(2)10-12-8-9-13-14(16(12)19)15(17-20-13)11-6-4-3-5-7-11;/h3-7,12,16,19H,8-10H2,1-2H3;1H/t12-,16+;/m1./s1. The van der Waals surface area contributed by atoms with Crippen LogP contribution < -0.4 is 0 Å². The number of halogens is 1. The lowest BCUT2D eigenvalue weighted by atomic mass is 9.83. The van der Waals surface area contributed by atoms with E-state index in [-0.39, 0.29) is 18.3 Å². The van der Waals surface area contributed by atoms with Crippen molar-refractivity contribution in [3.05, 3.63) is 41.7 Å². The largest absolute Gasteiger partial charge is 0.388 e. The minimum atomic E-state index is -0.498. The molecule has 0 saturated heterocycles. The van der Waals surface area contributed by atoms with E-state index in [1.54, 1.807) is 0 Å². The second kappa shape index (κ2) is 6.60. The Kier molecular flexibility index (Phi) is 5.04. The minimum Gasteiger partial charge on any atom is -0.388 e. The average molecular weight is 309 g/mol. The van der Waals surface area contributed by atoms with E-state index in [1.165, 1.54) is 0 Å². The van der Waals surface area contributed by atoms with Crippen molar-refractivity contribution < 1.29 is 9.63 Å². The predicted octanol–water partition coefficient (Wildman–Crippen LogP) is 2.92. The first-order chi connectivity index (χ1) is 9.66. The van der Waals surface area contributed by atoms with E-state index >= 15 is 0 Å². The molecule has 0 spiro atoms. The lowest BCUT2D eigenvalue weighted by molar-refractivity contribution is 0.0734. The Bertz CT molecular complexity index is 583. The van der Waals surface area contributed by atoms with Crippen molar-refractivity contribution in [2.45, 2.75) is 18.9 Å². The Balaban J connectivity index is 0.00000161. The molecule has 0 fully saturated rings. The Morgan fingerprint density at radius 2 is 2.00 bits per heavy atom. The van der Waals surface area contributed by atoms with Gasteiger partial charge in [0.1, 0.15) is 11.5 Å². The van der Waals surface area contributed by atoms with Crippen LogP contribution in [0.2, 0.25) is 0 Å². The van der Waals surface area contributed by atoms with Gasteiger partial charge in [-0.25, -0.2) is 0 Å². The van der Waals surface area contributed by atoms with Gasteiger partial charge in [-0.15, -0.1) is 12.4 Å². The summed E-state index contributed by atoms with van der Waals surface area (Å²) in [5.41, 5.74) is 2.67. The summed E-state index contributed by atoms with van der Waals surface area (Å²) in [7, 11) is 4.07. The zero-order valence-electron chi connectivity index (χ0n) is 12.3. The number of aliphatic hydroxyl groups is 1. The van der Waals surface area contributed by atoms with Crippen LogP contribution in [0.1, 0.15) is 23.8 Å². The molecule has 114 valence electrons. The Morgan fingerprint density at radius 1 is 1.29 bits per heavy atom. The molecule has 1 aliphatic carbocycles. The van der Waals surface area contributed by atoms with Crippen molar-refractivity contribution in [1.29, 1.82) is 0 Å². The quantitative estimate of drug-likeness (QED) is 0.947. The monoisotopic (exact) mass is 308 g/mol. The van der Waals surface area contributed by atoms with Gasteiger partial charge in [0.15, 0.2) is 0 Å². The van der Waals surface area contributed by atoms with E-state index in [1.807, 2.05) is 44.4 Å². The van der Waals surface area contributed by atoms with Crippen LogP contribution in [0.4, 0.5) is 0 Å². The highest BCUT2D eigenvalue weighted by Gasteiger charge is 2.34. The average Bonchev–Trinajstić information content (AvgIpc) is 2.87. The van der Waals surface area contributed by atoms with Gasteiger partial charge in [-0.3, -0.25) is 0 Å². The number of hydrogen-bond donors (Lipinski definition) is 1. The van der Waals surface area contributed by atoms with Crippen LogP contribution in [-0.2, 0) is 6.42 Å². The Labute approximate surface area is 131 Å². The Hall–Kier alpha value is -1.36. The van der Waals surface area contributed by atoms with Gasteiger partial charge in [0, 0.05) is 24.4 Å². The number of aliphatic hydroxyl groups excluding tert-OH is 1. The molecule has 0 aliphatic heterocycles. The first-order valence-corrected chi connectivity index (χ1v) is 7.03. The van der Waals surface area contributed by atoms with Gasteiger partial charge in [0.05, 0.1) is 11.7 Å². The van der Waals surface area contributed by atoms with Gasteiger partial charge in [-0.2, -0.15) is 0 Å². The van der Waals surface area contributed by atoms with Crippen molar-refractivity contribution in [3.8, 4) is 11.3 Å². The maximum atomic E-state index is 10.7. The van der Waals surface area contributed by atoms with Gasteiger partial charge in [-0.05, 0) is 20.5 Å². The fraction of sp³-hybridized carbons (Fsp3) is 0.438. The topological polar surface area (TPSA) is 49.5 Å². The summed E-state index contributed by atoms with van der Waals surface area (Å²) >= 11 is 0. The summed E-state index contributed by atoms with van der Waals surface area (Å²) in [6.07, 6.45) is 1.29. The molecular weight excluding hydrogens is 288 g/mol. The highest BCUT2D eigenvalue weighted by atomic mass is 35.5. The molecule has 21 heavy (non-hydrogen) atoms. The molecule has 0 bridgehead atoms. The zero-order chi connectivity index (χ0) is 14.1. The zero-order valence-corrected chi connectivity index (χ0v) is 13.1. The number of aromatic nitrogens is 1. The third-order valence-electron chi connectivity index (χ3n) is 3.93. The number of rotatable bonds is 3. The molecule has 1 aromatic heterocycles. The van der Waals surface area contributed by atoms with E-state index in [9.17, 15) is 5.11 Å². The van der Waals surface area contributed by atoms with Gasteiger partial charge >= 0.3 is 0 Å². The lowest BCUT2D eigenvalue weighted by Gasteiger charge is -2.29. The van der Waals surface area contributed by atoms with Gasteiger partial charge in [0.25, 0.3) is 0 Å². The number of aryl methyl sites for hydroxylation is 1. The van der Waals surface area contributed by atoms with Gasteiger partial charge < -0.3 is 14.5 Å². The fourth-order valence-corrected chi connectivity index (χ4v) is 2.99. The second-order valence-corrected chi connectivity index (χ2v) is 5.74. The van der Waals surface area contributed by atoms with E-state index in [0.29, 0.717) is 0 Å². The van der Waals surface area contributed by atoms with Crippen molar-refractivity contribution in [3.63, 3.8) is 0 Å². The van der Waals surface area contributed by atoms with Crippen LogP contribution >= 0.6 is 12.4 Å². The number of benzene rings is 1. The third-order valence-corrected chi connectivity index (χ3v) is 3.93. The number of nitrogens with zero attached hydrogens (tertiary/aromatic N) is 2. The molecule has 2 aromatic rings. The van der Waals surface area contributed by atoms with Crippen LogP contribution in [-0.4, -0.2) is 35.8 Å². The van der Waals surface area contributed by atoms with Crippen molar-refractivity contribution in [1.82, 2.24) is 10.1 Å². The third kappa shape index (κ3) is 3.12. The molecule has 0 saturated carbocycles. The molecule has 0 radical (unpaired) electrons. The van der Waals surface area contributed by atoms with E-state index < -0.39 is 6.10 Å². The number of hydrogen-bond acceptors (Lipinski definition) is 4. The molecule has 0 amide bonds. The first kappa shape index (κ1) is 16.0. The number of fused-ring (bicyclic) bond motifs is 1. The molecule has 1 N–H and O–H groups in total. The fourth-order valence-electron chi connectivity index (χ4n) is 2.99. The highest BCUT2D eigenvalue weighted by molar-refractivity contribution is 5.85. The van der Waals surface area contributed by atoms with Crippen molar-refractivity contribution in [2.75, 3.05) is 20.6 Å². The molecule has 4 nitrogen and oxygen atoms in total. The smallest absolute Gasteiger partial charge is 0.143 e. The highest BCUT2D eigenvalue weighted by Crippen LogP contribution is 2.40. The molecule has 5 heteroatoms. The van der Waals surface area contributed by atoms with E-state index in [4.69, 9.17) is 4.52 Å². The summed E-state index contributed by atoms with van der Waals surface area (Å²) in [4.78, 5) is 2.12. The molecule has 1 aromatic carbocycles.